The van der Waals surface area contributed by atoms with Gasteiger partial charge in [-0.2, -0.15) is 0 Å². The van der Waals surface area contributed by atoms with E-state index in [1.165, 1.54) is 11.3 Å². The summed E-state index contributed by atoms with van der Waals surface area (Å²) in [7, 11) is 0. The fourth-order valence-electron chi connectivity index (χ4n) is 3.00. The largest absolute Gasteiger partial charge is 0.328 e. The first-order valence-electron chi connectivity index (χ1n) is 7.51. The first kappa shape index (κ1) is 15.4. The molecule has 0 aliphatic heterocycles. The Morgan fingerprint density at radius 3 is 2.65 bits per heavy atom. The molecule has 0 N–H and O–H groups in total. The van der Waals surface area contributed by atoms with Crippen LogP contribution in [0.2, 0.25) is 0 Å². The summed E-state index contributed by atoms with van der Waals surface area (Å²) in [5.41, 5.74) is 2.53. The minimum absolute atomic E-state index is 0.175. The lowest BCUT2D eigenvalue weighted by molar-refractivity contribution is 0.320. The quantitative estimate of drug-likeness (QED) is 0.683. The van der Waals surface area contributed by atoms with Crippen LogP contribution in [0.15, 0.2) is 24.3 Å². The van der Waals surface area contributed by atoms with Gasteiger partial charge in [0, 0.05) is 18.3 Å². The molecule has 0 spiro atoms. The maximum atomic E-state index is 6.18. The number of hydrogen-bond acceptors (Lipinski definition) is 1. The third-order valence-corrected chi connectivity index (χ3v) is 3.81. The lowest BCUT2D eigenvalue weighted by atomic mass is 9.84. The van der Waals surface area contributed by atoms with Gasteiger partial charge in [-0.15, -0.1) is 11.6 Å². The van der Waals surface area contributed by atoms with Crippen LogP contribution in [0, 0.1) is 5.41 Å². The molecule has 0 aliphatic carbocycles. The van der Waals surface area contributed by atoms with E-state index in [-0.39, 0.29) is 10.8 Å². The van der Waals surface area contributed by atoms with Crippen molar-refractivity contribution in [1.29, 1.82) is 0 Å². The van der Waals surface area contributed by atoms with Crippen LogP contribution in [0.1, 0.15) is 46.4 Å². The molecule has 1 atom stereocenters. The van der Waals surface area contributed by atoms with E-state index in [0.717, 1.165) is 31.3 Å². The number of imidazole rings is 1. The Labute approximate surface area is 127 Å². The molecule has 0 radical (unpaired) electrons. The zero-order valence-corrected chi connectivity index (χ0v) is 13.7. The Balaban J connectivity index is 2.35. The lowest BCUT2D eigenvalue weighted by Gasteiger charge is -2.26. The first-order valence-corrected chi connectivity index (χ1v) is 7.95. The van der Waals surface area contributed by atoms with E-state index in [0.29, 0.717) is 0 Å². The SMILES string of the molecule is CCCn1c(CC(C)(C)CC(C)Cl)nc2ccccc21. The molecule has 2 nitrogen and oxygen atoms in total. The van der Waals surface area contributed by atoms with Gasteiger partial charge >= 0.3 is 0 Å². The van der Waals surface area contributed by atoms with Crippen LogP contribution in [0.3, 0.4) is 0 Å². The molecule has 0 bridgehead atoms. The van der Waals surface area contributed by atoms with Crippen LogP contribution in [-0.4, -0.2) is 14.9 Å². The minimum atomic E-state index is 0.175. The zero-order valence-electron chi connectivity index (χ0n) is 13.0. The summed E-state index contributed by atoms with van der Waals surface area (Å²) in [5, 5.41) is 0.203. The number of para-hydroxylation sites is 2. The van der Waals surface area contributed by atoms with Crippen molar-refractivity contribution < 1.29 is 0 Å². The van der Waals surface area contributed by atoms with Gasteiger partial charge in [-0.25, -0.2) is 4.98 Å². The van der Waals surface area contributed by atoms with Crippen LogP contribution in [0.25, 0.3) is 11.0 Å². The molecule has 2 rings (SSSR count). The molecule has 20 heavy (non-hydrogen) atoms. The zero-order chi connectivity index (χ0) is 14.8. The highest BCUT2D eigenvalue weighted by Crippen LogP contribution is 2.30. The van der Waals surface area contributed by atoms with Crippen molar-refractivity contribution in [3.8, 4) is 0 Å². The summed E-state index contributed by atoms with van der Waals surface area (Å²) < 4.78 is 2.37. The number of alkyl halides is 1. The Bertz CT molecular complexity index is 569. The average molecular weight is 293 g/mol. The van der Waals surface area contributed by atoms with Gasteiger partial charge in [-0.3, -0.25) is 0 Å². The van der Waals surface area contributed by atoms with Crippen molar-refractivity contribution in [3.63, 3.8) is 0 Å². The minimum Gasteiger partial charge on any atom is -0.328 e. The monoisotopic (exact) mass is 292 g/mol. The van der Waals surface area contributed by atoms with Crippen molar-refractivity contribution in [2.75, 3.05) is 0 Å². The van der Waals surface area contributed by atoms with Crippen LogP contribution in [0.5, 0.6) is 0 Å². The van der Waals surface area contributed by atoms with Gasteiger partial charge in [0.2, 0.25) is 0 Å². The summed E-state index contributed by atoms with van der Waals surface area (Å²) >= 11 is 6.18. The van der Waals surface area contributed by atoms with Crippen molar-refractivity contribution in [1.82, 2.24) is 9.55 Å². The van der Waals surface area contributed by atoms with E-state index < -0.39 is 0 Å². The van der Waals surface area contributed by atoms with Crippen molar-refractivity contribution >= 4 is 22.6 Å². The van der Waals surface area contributed by atoms with Gasteiger partial charge in [-0.1, -0.05) is 32.9 Å². The lowest BCUT2D eigenvalue weighted by Crippen LogP contribution is -2.21. The van der Waals surface area contributed by atoms with Gasteiger partial charge in [0.15, 0.2) is 0 Å². The maximum Gasteiger partial charge on any atom is 0.110 e. The topological polar surface area (TPSA) is 17.8 Å². The van der Waals surface area contributed by atoms with E-state index in [1.807, 2.05) is 0 Å². The number of aromatic nitrogens is 2. The molecule has 110 valence electrons. The van der Waals surface area contributed by atoms with Gasteiger partial charge in [0.1, 0.15) is 5.82 Å². The van der Waals surface area contributed by atoms with Crippen molar-refractivity contribution in [2.24, 2.45) is 5.41 Å². The van der Waals surface area contributed by atoms with Gasteiger partial charge in [-0.05, 0) is 37.3 Å². The number of benzene rings is 1. The summed E-state index contributed by atoms with van der Waals surface area (Å²) in [5.74, 6) is 1.19. The molecule has 0 aliphatic rings. The number of hydrogen-bond donors (Lipinski definition) is 0. The number of halogens is 1. The molecule has 1 heterocycles. The van der Waals surface area contributed by atoms with Gasteiger partial charge in [0.05, 0.1) is 11.0 Å². The Morgan fingerprint density at radius 2 is 2.00 bits per heavy atom. The molecule has 3 heteroatoms. The third kappa shape index (κ3) is 3.54. The predicted octanol–water partition coefficient (Wildman–Crippen LogP) is 5.03. The van der Waals surface area contributed by atoms with Crippen LogP contribution >= 0.6 is 11.6 Å². The highest BCUT2D eigenvalue weighted by atomic mass is 35.5. The molecule has 0 amide bonds. The van der Waals surface area contributed by atoms with Crippen molar-refractivity contribution in [2.45, 2.75) is 58.9 Å². The normalized spacial score (nSPS) is 13.8. The molecular formula is C17H25ClN2. The van der Waals surface area contributed by atoms with Crippen LogP contribution < -0.4 is 0 Å². The maximum absolute atomic E-state index is 6.18. The van der Waals surface area contributed by atoms with E-state index in [1.54, 1.807) is 0 Å². The Kier molecular flexibility index (Phi) is 4.74. The second-order valence-corrected chi connectivity index (χ2v) is 7.24. The molecule has 1 aromatic carbocycles. The molecule has 2 aromatic rings. The van der Waals surface area contributed by atoms with Gasteiger partial charge < -0.3 is 4.57 Å². The van der Waals surface area contributed by atoms with Crippen molar-refractivity contribution in [3.05, 3.63) is 30.1 Å². The van der Waals surface area contributed by atoms with Crippen LogP contribution in [-0.2, 0) is 13.0 Å². The molecule has 1 unspecified atom stereocenters. The van der Waals surface area contributed by atoms with E-state index in [2.05, 4.69) is 56.5 Å². The van der Waals surface area contributed by atoms with Gasteiger partial charge in [0.25, 0.3) is 0 Å². The van der Waals surface area contributed by atoms with E-state index >= 15 is 0 Å². The molecule has 0 saturated heterocycles. The highest BCUT2D eigenvalue weighted by molar-refractivity contribution is 6.20. The fraction of sp³-hybridized carbons (Fsp3) is 0.588. The summed E-state index contributed by atoms with van der Waals surface area (Å²) in [6, 6.07) is 8.41. The second-order valence-electron chi connectivity index (χ2n) is 6.49. The Morgan fingerprint density at radius 1 is 1.30 bits per heavy atom. The summed E-state index contributed by atoms with van der Waals surface area (Å²) in [6.07, 6.45) is 3.10. The molecule has 0 fully saturated rings. The summed E-state index contributed by atoms with van der Waals surface area (Å²) in [6.45, 7) is 9.87. The molecule has 1 aromatic heterocycles. The number of nitrogens with zero attached hydrogens (tertiary/aromatic N) is 2. The number of rotatable bonds is 6. The van der Waals surface area contributed by atoms with Crippen LogP contribution in [0.4, 0.5) is 0 Å². The molecular weight excluding hydrogens is 268 g/mol. The predicted molar refractivity (Wildman–Crippen MR) is 87.4 cm³/mol. The first-order chi connectivity index (χ1) is 9.43. The Hall–Kier alpha value is -1.02. The second kappa shape index (κ2) is 6.17. The van der Waals surface area contributed by atoms with E-state index in [9.17, 15) is 0 Å². The third-order valence-electron chi connectivity index (χ3n) is 3.65. The highest BCUT2D eigenvalue weighted by Gasteiger charge is 2.24. The van der Waals surface area contributed by atoms with E-state index in [4.69, 9.17) is 16.6 Å². The number of fused-ring (bicyclic) bond motifs is 1. The average Bonchev–Trinajstić information content (AvgIpc) is 2.65. The standard InChI is InChI=1S/C17H25ClN2/c1-5-10-20-15-9-7-6-8-14(15)19-16(20)12-17(3,4)11-13(2)18/h6-9,13H,5,10-12H2,1-4H3. The number of aryl methyl sites for hydroxylation is 1. The fourth-order valence-corrected chi connectivity index (χ4v) is 3.41. The summed E-state index contributed by atoms with van der Waals surface area (Å²) in [4.78, 5) is 4.84. The molecule has 0 saturated carbocycles. The smallest absolute Gasteiger partial charge is 0.110 e.